The van der Waals surface area contributed by atoms with Gasteiger partial charge in [-0.3, -0.25) is 0 Å². The molecule has 1 aliphatic heterocycles. The lowest BCUT2D eigenvalue weighted by atomic mass is 10.2. The molecule has 0 bridgehead atoms. The monoisotopic (exact) mass is 264 g/mol. The van der Waals surface area contributed by atoms with Crippen molar-refractivity contribution >= 4 is 22.9 Å². The Bertz CT molecular complexity index is 518. The Kier molecular flexibility index (Phi) is 3.14. The lowest BCUT2D eigenvalue weighted by molar-refractivity contribution is 0.632. The van der Waals surface area contributed by atoms with Gasteiger partial charge in [-0.1, -0.05) is 29.8 Å². The normalized spacial score (nSPS) is 19.7. The van der Waals surface area contributed by atoms with Crippen LogP contribution < -0.4 is 5.32 Å². The first-order chi connectivity index (χ1) is 8.34. The van der Waals surface area contributed by atoms with Gasteiger partial charge < -0.3 is 5.32 Å². The van der Waals surface area contributed by atoms with E-state index in [-0.39, 0.29) is 0 Å². The largest absolute Gasteiger partial charge is 0.309 e. The number of thiazole rings is 1. The van der Waals surface area contributed by atoms with Crippen LogP contribution in [0.4, 0.5) is 0 Å². The topological polar surface area (TPSA) is 24.9 Å². The van der Waals surface area contributed by atoms with Crippen LogP contribution in [0.2, 0.25) is 5.02 Å². The number of hydrogen-bond donors (Lipinski definition) is 1. The Hall–Kier alpha value is -0.900. The SMILES string of the molecule is Clc1ccccc1-c1nc([C@@H]2CCCN2)cs1. The van der Waals surface area contributed by atoms with E-state index in [4.69, 9.17) is 16.6 Å². The zero-order chi connectivity index (χ0) is 11.7. The van der Waals surface area contributed by atoms with Crippen molar-refractivity contribution < 1.29 is 0 Å². The van der Waals surface area contributed by atoms with Crippen molar-refractivity contribution in [3.05, 3.63) is 40.4 Å². The van der Waals surface area contributed by atoms with Crippen LogP contribution in [0.5, 0.6) is 0 Å². The molecule has 2 aromatic rings. The summed E-state index contributed by atoms with van der Waals surface area (Å²) in [5, 5.41) is 7.39. The summed E-state index contributed by atoms with van der Waals surface area (Å²) in [6, 6.07) is 8.30. The Labute approximate surface area is 110 Å². The van der Waals surface area contributed by atoms with Crippen LogP contribution in [-0.4, -0.2) is 11.5 Å². The third-order valence-corrected chi connectivity index (χ3v) is 4.27. The molecule has 0 radical (unpaired) electrons. The maximum atomic E-state index is 6.18. The molecule has 0 saturated carbocycles. The molecule has 0 amide bonds. The minimum Gasteiger partial charge on any atom is -0.309 e. The van der Waals surface area contributed by atoms with Crippen molar-refractivity contribution in [3.63, 3.8) is 0 Å². The number of hydrogen-bond acceptors (Lipinski definition) is 3. The van der Waals surface area contributed by atoms with E-state index < -0.39 is 0 Å². The summed E-state index contributed by atoms with van der Waals surface area (Å²) in [4.78, 5) is 4.69. The quantitative estimate of drug-likeness (QED) is 0.890. The molecule has 2 nitrogen and oxygen atoms in total. The van der Waals surface area contributed by atoms with Crippen molar-refractivity contribution in [2.45, 2.75) is 18.9 Å². The Balaban J connectivity index is 1.92. The summed E-state index contributed by atoms with van der Waals surface area (Å²) in [5.74, 6) is 0. The number of benzene rings is 1. The lowest BCUT2D eigenvalue weighted by Crippen LogP contribution is -2.12. The van der Waals surface area contributed by atoms with Crippen LogP contribution in [0, 0.1) is 0 Å². The molecule has 2 heterocycles. The highest BCUT2D eigenvalue weighted by Crippen LogP contribution is 2.33. The van der Waals surface area contributed by atoms with Gasteiger partial charge in [0, 0.05) is 10.9 Å². The second-order valence-electron chi connectivity index (χ2n) is 4.21. The Morgan fingerprint density at radius 2 is 2.24 bits per heavy atom. The van der Waals surface area contributed by atoms with E-state index in [0.717, 1.165) is 27.8 Å². The van der Waals surface area contributed by atoms with Crippen LogP contribution in [0.1, 0.15) is 24.6 Å². The molecule has 1 saturated heterocycles. The van der Waals surface area contributed by atoms with Gasteiger partial charge in [0.05, 0.1) is 16.8 Å². The number of nitrogens with one attached hydrogen (secondary N) is 1. The molecular weight excluding hydrogens is 252 g/mol. The molecule has 3 rings (SSSR count). The second kappa shape index (κ2) is 4.77. The standard InChI is InChI=1S/C13H13ClN2S/c14-10-5-2-1-4-9(10)13-16-12(8-17-13)11-6-3-7-15-11/h1-2,4-5,8,11,15H,3,6-7H2/t11-/m0/s1. The van der Waals surface area contributed by atoms with Gasteiger partial charge in [0.1, 0.15) is 5.01 Å². The summed E-state index contributed by atoms with van der Waals surface area (Å²) in [7, 11) is 0. The van der Waals surface area contributed by atoms with E-state index in [1.165, 1.54) is 12.8 Å². The molecule has 0 aliphatic carbocycles. The average molecular weight is 265 g/mol. The molecule has 1 aromatic carbocycles. The highest BCUT2D eigenvalue weighted by atomic mass is 35.5. The van der Waals surface area contributed by atoms with Crippen molar-refractivity contribution in [1.29, 1.82) is 0 Å². The molecule has 4 heteroatoms. The van der Waals surface area contributed by atoms with E-state index in [2.05, 4.69) is 10.7 Å². The van der Waals surface area contributed by atoms with E-state index in [1.807, 2.05) is 24.3 Å². The second-order valence-corrected chi connectivity index (χ2v) is 5.47. The van der Waals surface area contributed by atoms with Crippen LogP contribution >= 0.6 is 22.9 Å². The predicted molar refractivity (Wildman–Crippen MR) is 72.5 cm³/mol. The van der Waals surface area contributed by atoms with Crippen molar-refractivity contribution in [2.24, 2.45) is 0 Å². The highest BCUT2D eigenvalue weighted by Gasteiger charge is 2.19. The molecular formula is C13H13ClN2S. The van der Waals surface area contributed by atoms with Crippen molar-refractivity contribution in [2.75, 3.05) is 6.54 Å². The summed E-state index contributed by atoms with van der Waals surface area (Å²) in [6.07, 6.45) is 2.43. The molecule has 1 N–H and O–H groups in total. The summed E-state index contributed by atoms with van der Waals surface area (Å²) < 4.78 is 0. The minimum atomic E-state index is 0.433. The third-order valence-electron chi connectivity index (χ3n) is 3.04. The van der Waals surface area contributed by atoms with Gasteiger partial charge in [-0.05, 0) is 25.5 Å². The summed E-state index contributed by atoms with van der Waals surface area (Å²) in [6.45, 7) is 1.10. The Morgan fingerprint density at radius 1 is 1.35 bits per heavy atom. The molecule has 0 spiro atoms. The van der Waals surface area contributed by atoms with Gasteiger partial charge in [-0.25, -0.2) is 4.98 Å². The third kappa shape index (κ3) is 2.23. The minimum absolute atomic E-state index is 0.433. The predicted octanol–water partition coefficient (Wildman–Crippen LogP) is 3.89. The van der Waals surface area contributed by atoms with E-state index >= 15 is 0 Å². The molecule has 88 valence electrons. The van der Waals surface area contributed by atoms with Gasteiger partial charge in [0.15, 0.2) is 0 Å². The molecule has 0 unspecified atom stereocenters. The maximum Gasteiger partial charge on any atom is 0.125 e. The maximum absolute atomic E-state index is 6.18. The zero-order valence-corrected chi connectivity index (χ0v) is 10.9. The van der Waals surface area contributed by atoms with Gasteiger partial charge in [0.2, 0.25) is 0 Å². The van der Waals surface area contributed by atoms with Crippen LogP contribution in [0.3, 0.4) is 0 Å². The zero-order valence-electron chi connectivity index (χ0n) is 9.32. The number of nitrogens with zero attached hydrogens (tertiary/aromatic N) is 1. The van der Waals surface area contributed by atoms with E-state index in [0.29, 0.717) is 6.04 Å². The molecule has 1 fully saturated rings. The molecule has 17 heavy (non-hydrogen) atoms. The highest BCUT2D eigenvalue weighted by molar-refractivity contribution is 7.13. The smallest absolute Gasteiger partial charge is 0.125 e. The number of aromatic nitrogens is 1. The average Bonchev–Trinajstić information content (AvgIpc) is 3.00. The molecule has 1 atom stereocenters. The van der Waals surface area contributed by atoms with Crippen LogP contribution in [0.25, 0.3) is 10.6 Å². The van der Waals surface area contributed by atoms with E-state index in [1.54, 1.807) is 11.3 Å². The summed E-state index contributed by atoms with van der Waals surface area (Å²) in [5.41, 5.74) is 2.19. The van der Waals surface area contributed by atoms with Gasteiger partial charge in [-0.15, -0.1) is 11.3 Å². The van der Waals surface area contributed by atoms with Crippen LogP contribution in [0.15, 0.2) is 29.6 Å². The Morgan fingerprint density at radius 3 is 3.00 bits per heavy atom. The lowest BCUT2D eigenvalue weighted by Gasteiger charge is -2.05. The number of halogens is 1. The van der Waals surface area contributed by atoms with Gasteiger partial charge >= 0.3 is 0 Å². The molecule has 1 aromatic heterocycles. The first-order valence-electron chi connectivity index (χ1n) is 5.78. The first-order valence-corrected chi connectivity index (χ1v) is 7.04. The fourth-order valence-corrected chi connectivity index (χ4v) is 3.34. The van der Waals surface area contributed by atoms with Gasteiger partial charge in [0.25, 0.3) is 0 Å². The fourth-order valence-electron chi connectivity index (χ4n) is 2.14. The fraction of sp³-hybridized carbons (Fsp3) is 0.308. The van der Waals surface area contributed by atoms with Crippen molar-refractivity contribution in [3.8, 4) is 10.6 Å². The van der Waals surface area contributed by atoms with Crippen LogP contribution in [-0.2, 0) is 0 Å². The number of rotatable bonds is 2. The van der Waals surface area contributed by atoms with Crippen molar-refractivity contribution in [1.82, 2.24) is 10.3 Å². The molecule has 1 aliphatic rings. The first kappa shape index (κ1) is 11.2. The van der Waals surface area contributed by atoms with Gasteiger partial charge in [-0.2, -0.15) is 0 Å². The van der Waals surface area contributed by atoms with E-state index in [9.17, 15) is 0 Å². The summed E-state index contributed by atoms with van der Waals surface area (Å²) >= 11 is 7.85.